The lowest BCUT2D eigenvalue weighted by molar-refractivity contribution is -0.118. The van der Waals surface area contributed by atoms with Gasteiger partial charge in [-0.05, 0) is 31.7 Å². The predicted molar refractivity (Wildman–Crippen MR) is 76.5 cm³/mol. The normalized spacial score (nSPS) is 26.7. The summed E-state index contributed by atoms with van der Waals surface area (Å²) in [7, 11) is 1.75. The molecule has 1 aliphatic rings. The quantitative estimate of drug-likeness (QED) is 0.803. The van der Waals surface area contributed by atoms with Gasteiger partial charge < -0.3 is 14.8 Å². The average Bonchev–Trinajstić information content (AvgIpc) is 2.38. The van der Waals surface area contributed by atoms with Crippen LogP contribution in [0.1, 0.15) is 13.3 Å². The second-order valence-electron chi connectivity index (χ2n) is 4.38. The molecule has 3 nitrogen and oxygen atoms in total. The highest BCUT2D eigenvalue weighted by molar-refractivity contribution is 7.98. The van der Waals surface area contributed by atoms with E-state index in [0.717, 1.165) is 13.0 Å². The van der Waals surface area contributed by atoms with Crippen molar-refractivity contribution in [1.29, 1.82) is 0 Å². The number of anilines is 1. The second kappa shape index (κ2) is 6.45. The summed E-state index contributed by atoms with van der Waals surface area (Å²) in [4.78, 5) is 1.27. The topological polar surface area (TPSA) is 30.5 Å². The number of nitrogens with one attached hydrogen (secondary N) is 1. The molecule has 4 heteroatoms. The van der Waals surface area contributed by atoms with E-state index in [1.165, 1.54) is 10.6 Å². The van der Waals surface area contributed by atoms with Gasteiger partial charge in [0.05, 0.1) is 12.1 Å². The molecule has 0 amide bonds. The van der Waals surface area contributed by atoms with E-state index in [2.05, 4.69) is 35.8 Å². The summed E-state index contributed by atoms with van der Waals surface area (Å²) in [5.41, 5.74) is 1.19. The molecule has 0 saturated heterocycles. The van der Waals surface area contributed by atoms with Crippen molar-refractivity contribution in [3.05, 3.63) is 24.3 Å². The van der Waals surface area contributed by atoms with Gasteiger partial charge in [-0.15, -0.1) is 11.8 Å². The molecule has 1 saturated carbocycles. The van der Waals surface area contributed by atoms with E-state index in [9.17, 15) is 0 Å². The van der Waals surface area contributed by atoms with Crippen LogP contribution in [0.15, 0.2) is 29.2 Å². The number of para-hydroxylation sites is 1. The molecule has 0 spiro atoms. The number of methoxy groups -OCH3 is 1. The van der Waals surface area contributed by atoms with Crippen LogP contribution in [0, 0.1) is 0 Å². The number of rotatable bonds is 6. The molecule has 3 unspecified atom stereocenters. The first-order chi connectivity index (χ1) is 8.80. The number of hydrogen-bond donors (Lipinski definition) is 1. The first-order valence-corrected chi connectivity index (χ1v) is 7.56. The van der Waals surface area contributed by atoms with E-state index in [0.29, 0.717) is 6.04 Å². The minimum Gasteiger partial charge on any atom is -0.379 e. The van der Waals surface area contributed by atoms with Gasteiger partial charge in [0.15, 0.2) is 0 Å². The Balaban J connectivity index is 1.98. The Kier molecular flexibility index (Phi) is 4.92. The first-order valence-electron chi connectivity index (χ1n) is 6.34. The van der Waals surface area contributed by atoms with Crippen LogP contribution in [-0.2, 0) is 9.47 Å². The van der Waals surface area contributed by atoms with E-state index in [1.807, 2.05) is 6.92 Å². The van der Waals surface area contributed by atoms with Gasteiger partial charge >= 0.3 is 0 Å². The van der Waals surface area contributed by atoms with E-state index >= 15 is 0 Å². The molecule has 1 aromatic carbocycles. The molecule has 3 atom stereocenters. The maximum Gasteiger partial charge on any atom is 0.103 e. The monoisotopic (exact) mass is 267 g/mol. The van der Waals surface area contributed by atoms with Crippen molar-refractivity contribution in [2.24, 2.45) is 0 Å². The van der Waals surface area contributed by atoms with Crippen molar-refractivity contribution in [3.8, 4) is 0 Å². The zero-order chi connectivity index (χ0) is 13.0. The molecule has 1 aliphatic carbocycles. The molecule has 0 radical (unpaired) electrons. The van der Waals surface area contributed by atoms with Crippen molar-refractivity contribution in [1.82, 2.24) is 0 Å². The molecule has 0 bridgehead atoms. The maximum atomic E-state index is 5.64. The number of hydrogen-bond acceptors (Lipinski definition) is 4. The molecule has 0 aliphatic heterocycles. The third kappa shape index (κ3) is 2.82. The summed E-state index contributed by atoms with van der Waals surface area (Å²) in [6, 6.07) is 8.72. The summed E-state index contributed by atoms with van der Waals surface area (Å²) < 4.78 is 11.2. The van der Waals surface area contributed by atoms with Crippen molar-refractivity contribution in [3.63, 3.8) is 0 Å². The molecular weight excluding hydrogens is 246 g/mol. The zero-order valence-electron chi connectivity index (χ0n) is 11.2. The Morgan fingerprint density at radius 2 is 2.17 bits per heavy atom. The molecule has 1 N–H and O–H groups in total. The number of ether oxygens (including phenoxy) is 2. The van der Waals surface area contributed by atoms with Gasteiger partial charge in [-0.3, -0.25) is 0 Å². The first kappa shape index (κ1) is 13.7. The van der Waals surface area contributed by atoms with Crippen molar-refractivity contribution < 1.29 is 9.47 Å². The van der Waals surface area contributed by atoms with Crippen LogP contribution in [0.5, 0.6) is 0 Å². The highest BCUT2D eigenvalue weighted by Crippen LogP contribution is 2.32. The SMILES string of the molecule is CCOC1CC(Nc2ccccc2SC)C1OC. The Bertz CT molecular complexity index is 386. The van der Waals surface area contributed by atoms with Crippen LogP contribution >= 0.6 is 11.8 Å². The fraction of sp³-hybridized carbons (Fsp3) is 0.571. The molecule has 1 aromatic rings. The van der Waals surface area contributed by atoms with Crippen LogP contribution in [0.4, 0.5) is 5.69 Å². The Morgan fingerprint density at radius 1 is 1.39 bits per heavy atom. The number of thioether (sulfide) groups is 1. The van der Waals surface area contributed by atoms with Gasteiger partial charge in [0, 0.05) is 24.3 Å². The fourth-order valence-corrected chi connectivity index (χ4v) is 2.94. The molecular formula is C14H21NO2S. The lowest BCUT2D eigenvalue weighted by Gasteiger charge is -2.44. The maximum absolute atomic E-state index is 5.64. The molecule has 1 fully saturated rings. The largest absolute Gasteiger partial charge is 0.379 e. The summed E-state index contributed by atoms with van der Waals surface area (Å²) >= 11 is 1.76. The summed E-state index contributed by atoms with van der Waals surface area (Å²) in [5, 5.41) is 3.56. The van der Waals surface area contributed by atoms with Crippen molar-refractivity contribution in [2.45, 2.75) is 36.5 Å². The Morgan fingerprint density at radius 3 is 2.83 bits per heavy atom. The minimum absolute atomic E-state index is 0.153. The van der Waals surface area contributed by atoms with E-state index < -0.39 is 0 Å². The van der Waals surface area contributed by atoms with Crippen molar-refractivity contribution in [2.75, 3.05) is 25.3 Å². The Hall–Kier alpha value is -0.710. The second-order valence-corrected chi connectivity index (χ2v) is 5.23. The molecule has 0 aromatic heterocycles. The summed E-state index contributed by atoms with van der Waals surface area (Å²) in [5.74, 6) is 0. The zero-order valence-corrected chi connectivity index (χ0v) is 12.0. The van der Waals surface area contributed by atoms with Gasteiger partial charge in [-0.2, -0.15) is 0 Å². The predicted octanol–water partition coefficient (Wildman–Crippen LogP) is 3.01. The Labute approximate surface area is 113 Å². The average molecular weight is 267 g/mol. The lowest BCUT2D eigenvalue weighted by Crippen LogP contribution is -2.56. The van der Waals surface area contributed by atoms with Gasteiger partial charge in [0.2, 0.25) is 0 Å². The molecule has 18 heavy (non-hydrogen) atoms. The molecule has 100 valence electrons. The smallest absolute Gasteiger partial charge is 0.103 e. The van der Waals surface area contributed by atoms with Crippen LogP contribution < -0.4 is 5.32 Å². The third-order valence-corrected chi connectivity index (χ3v) is 4.15. The van der Waals surface area contributed by atoms with Gasteiger partial charge in [-0.1, -0.05) is 12.1 Å². The minimum atomic E-state index is 0.153. The van der Waals surface area contributed by atoms with Crippen LogP contribution in [0.2, 0.25) is 0 Å². The van der Waals surface area contributed by atoms with E-state index in [4.69, 9.17) is 9.47 Å². The summed E-state index contributed by atoms with van der Waals surface area (Å²) in [6.07, 6.45) is 3.49. The summed E-state index contributed by atoms with van der Waals surface area (Å²) in [6.45, 7) is 2.77. The number of benzene rings is 1. The van der Waals surface area contributed by atoms with Crippen LogP contribution in [0.3, 0.4) is 0 Å². The van der Waals surface area contributed by atoms with Gasteiger partial charge in [0.1, 0.15) is 6.10 Å². The van der Waals surface area contributed by atoms with Gasteiger partial charge in [0.25, 0.3) is 0 Å². The standard InChI is InChI=1S/C14H21NO2S/c1-4-17-12-9-11(14(12)16-2)15-10-7-5-6-8-13(10)18-3/h5-8,11-12,14-15H,4,9H2,1-3H3. The van der Waals surface area contributed by atoms with E-state index in [-0.39, 0.29) is 12.2 Å². The van der Waals surface area contributed by atoms with Crippen molar-refractivity contribution >= 4 is 17.4 Å². The highest BCUT2D eigenvalue weighted by atomic mass is 32.2. The van der Waals surface area contributed by atoms with Crippen LogP contribution in [0.25, 0.3) is 0 Å². The molecule has 0 heterocycles. The highest BCUT2D eigenvalue weighted by Gasteiger charge is 2.42. The molecule has 2 rings (SSSR count). The van der Waals surface area contributed by atoms with Gasteiger partial charge in [-0.25, -0.2) is 0 Å². The van der Waals surface area contributed by atoms with Crippen LogP contribution in [-0.4, -0.2) is 38.2 Å². The third-order valence-electron chi connectivity index (χ3n) is 3.35. The fourth-order valence-electron chi connectivity index (χ4n) is 2.38. The lowest BCUT2D eigenvalue weighted by atomic mass is 9.85. The van der Waals surface area contributed by atoms with E-state index in [1.54, 1.807) is 18.9 Å².